The first kappa shape index (κ1) is 15.9. The van der Waals surface area contributed by atoms with Gasteiger partial charge in [0.25, 0.3) is 5.91 Å². The molecule has 0 saturated heterocycles. The number of hydrogen-bond acceptors (Lipinski definition) is 5. The molecule has 1 amide bonds. The molecule has 0 bridgehead atoms. The number of fused-ring (bicyclic) bond motifs is 2. The summed E-state index contributed by atoms with van der Waals surface area (Å²) in [6.07, 6.45) is 3.24. The molecule has 0 unspecified atom stereocenters. The number of para-hydroxylation sites is 2. The maximum atomic E-state index is 12.5. The van der Waals surface area contributed by atoms with E-state index in [-0.39, 0.29) is 11.3 Å². The molecule has 1 aliphatic rings. The van der Waals surface area contributed by atoms with Crippen LogP contribution in [0.4, 0.5) is 0 Å². The third kappa shape index (κ3) is 3.16. The van der Waals surface area contributed by atoms with E-state index in [1.165, 1.54) is 0 Å². The third-order valence-corrected chi connectivity index (χ3v) is 4.73. The number of aryl methyl sites for hydroxylation is 1. The van der Waals surface area contributed by atoms with Crippen LogP contribution < -0.4 is 5.32 Å². The van der Waals surface area contributed by atoms with Gasteiger partial charge in [-0.25, -0.2) is 4.98 Å². The number of carbonyl (C=O) groups is 1. The van der Waals surface area contributed by atoms with Crippen LogP contribution in [0.2, 0.25) is 0 Å². The van der Waals surface area contributed by atoms with Crippen molar-refractivity contribution in [2.75, 3.05) is 6.54 Å². The standard InChI is InChI=1S/C19H21N3O3/c1-19(2)9-7-14-12(11-19)17(22-25-14)18(23)20-10-8-16-21-13-5-3-4-6-15(13)24-16/h3-6H,7-11H2,1-2H3,(H,20,23). The second-order valence-corrected chi connectivity index (χ2v) is 7.36. The molecule has 25 heavy (non-hydrogen) atoms. The summed E-state index contributed by atoms with van der Waals surface area (Å²) >= 11 is 0. The molecule has 0 aliphatic heterocycles. The summed E-state index contributed by atoms with van der Waals surface area (Å²) < 4.78 is 11.0. The molecule has 2 aromatic heterocycles. The van der Waals surface area contributed by atoms with Crippen LogP contribution in [0, 0.1) is 5.41 Å². The predicted molar refractivity (Wildman–Crippen MR) is 92.4 cm³/mol. The maximum Gasteiger partial charge on any atom is 0.273 e. The van der Waals surface area contributed by atoms with Gasteiger partial charge in [0, 0.05) is 24.9 Å². The molecule has 6 heteroatoms. The van der Waals surface area contributed by atoms with Gasteiger partial charge >= 0.3 is 0 Å². The van der Waals surface area contributed by atoms with Crippen LogP contribution in [0.15, 0.2) is 33.2 Å². The Labute approximate surface area is 145 Å². The zero-order chi connectivity index (χ0) is 17.4. The number of benzene rings is 1. The first-order valence-electron chi connectivity index (χ1n) is 8.62. The summed E-state index contributed by atoms with van der Waals surface area (Å²) in [6, 6.07) is 7.62. The van der Waals surface area contributed by atoms with Gasteiger partial charge in [0.15, 0.2) is 17.2 Å². The Morgan fingerprint density at radius 2 is 2.16 bits per heavy atom. The van der Waals surface area contributed by atoms with Crippen LogP contribution in [-0.2, 0) is 19.3 Å². The first-order chi connectivity index (χ1) is 12.0. The van der Waals surface area contributed by atoms with Crippen LogP contribution >= 0.6 is 0 Å². The molecule has 6 nitrogen and oxygen atoms in total. The van der Waals surface area contributed by atoms with Gasteiger partial charge in [0.1, 0.15) is 11.3 Å². The summed E-state index contributed by atoms with van der Waals surface area (Å²) in [5.74, 6) is 1.27. The minimum Gasteiger partial charge on any atom is -0.441 e. The Balaban J connectivity index is 1.40. The highest BCUT2D eigenvalue weighted by Gasteiger charge is 2.32. The van der Waals surface area contributed by atoms with Gasteiger partial charge in [-0.3, -0.25) is 4.79 Å². The van der Waals surface area contributed by atoms with Gasteiger partial charge in [0.2, 0.25) is 0 Å². The largest absolute Gasteiger partial charge is 0.441 e. The minimum atomic E-state index is -0.196. The Kier molecular flexibility index (Phi) is 3.82. The molecule has 0 atom stereocenters. The average molecular weight is 339 g/mol. The first-order valence-corrected chi connectivity index (χ1v) is 8.62. The normalized spacial score (nSPS) is 15.9. The second kappa shape index (κ2) is 6.02. The molecule has 130 valence electrons. The lowest BCUT2D eigenvalue weighted by Gasteiger charge is -2.28. The molecule has 4 rings (SSSR count). The Morgan fingerprint density at radius 1 is 1.32 bits per heavy atom. The zero-order valence-corrected chi connectivity index (χ0v) is 14.5. The van der Waals surface area contributed by atoms with Crippen molar-refractivity contribution in [1.29, 1.82) is 0 Å². The number of amides is 1. The summed E-state index contributed by atoms with van der Waals surface area (Å²) in [6.45, 7) is 4.85. The number of oxazole rings is 1. The van der Waals surface area contributed by atoms with Crippen LogP contribution in [0.25, 0.3) is 11.1 Å². The number of rotatable bonds is 4. The second-order valence-electron chi connectivity index (χ2n) is 7.36. The zero-order valence-electron chi connectivity index (χ0n) is 14.5. The van der Waals surface area contributed by atoms with Gasteiger partial charge in [-0.2, -0.15) is 0 Å². The number of hydrogen-bond donors (Lipinski definition) is 1. The molecular weight excluding hydrogens is 318 g/mol. The van der Waals surface area contributed by atoms with E-state index < -0.39 is 0 Å². The van der Waals surface area contributed by atoms with Crippen molar-refractivity contribution in [3.63, 3.8) is 0 Å². The van der Waals surface area contributed by atoms with Crippen molar-refractivity contribution in [3.8, 4) is 0 Å². The topological polar surface area (TPSA) is 81.2 Å². The van der Waals surface area contributed by atoms with Crippen molar-refractivity contribution >= 4 is 17.0 Å². The molecule has 2 heterocycles. The molecule has 0 radical (unpaired) electrons. The van der Waals surface area contributed by atoms with Crippen molar-refractivity contribution in [2.45, 2.75) is 39.5 Å². The Hall–Kier alpha value is -2.63. The Bertz CT molecular complexity index is 890. The number of nitrogens with zero attached hydrogens (tertiary/aromatic N) is 2. The summed E-state index contributed by atoms with van der Waals surface area (Å²) in [4.78, 5) is 16.9. The minimum absolute atomic E-state index is 0.172. The van der Waals surface area contributed by atoms with Gasteiger partial charge in [-0.15, -0.1) is 0 Å². The Morgan fingerprint density at radius 3 is 3.00 bits per heavy atom. The van der Waals surface area contributed by atoms with Gasteiger partial charge in [-0.05, 0) is 30.4 Å². The summed E-state index contributed by atoms with van der Waals surface area (Å²) in [5.41, 5.74) is 3.13. The molecule has 0 fully saturated rings. The van der Waals surface area contributed by atoms with E-state index in [0.29, 0.717) is 24.6 Å². The van der Waals surface area contributed by atoms with E-state index in [1.807, 2.05) is 24.3 Å². The van der Waals surface area contributed by atoms with Crippen LogP contribution in [0.3, 0.4) is 0 Å². The highest BCUT2D eigenvalue weighted by molar-refractivity contribution is 5.93. The van der Waals surface area contributed by atoms with Crippen LogP contribution in [0.1, 0.15) is 48.0 Å². The van der Waals surface area contributed by atoms with Gasteiger partial charge < -0.3 is 14.3 Å². The summed E-state index contributed by atoms with van der Waals surface area (Å²) in [7, 11) is 0. The molecule has 1 aromatic carbocycles. The third-order valence-electron chi connectivity index (χ3n) is 4.73. The van der Waals surface area contributed by atoms with E-state index in [1.54, 1.807) is 0 Å². The molecule has 3 aromatic rings. The lowest BCUT2D eigenvalue weighted by Crippen LogP contribution is -2.29. The number of nitrogens with one attached hydrogen (secondary N) is 1. The van der Waals surface area contributed by atoms with Crippen molar-refractivity contribution in [1.82, 2.24) is 15.5 Å². The van der Waals surface area contributed by atoms with E-state index >= 15 is 0 Å². The SMILES string of the molecule is CC1(C)CCc2onc(C(=O)NCCc3nc4ccccc4o3)c2C1. The fraction of sp³-hybridized carbons (Fsp3) is 0.421. The molecule has 0 spiro atoms. The molecule has 1 N–H and O–H groups in total. The maximum absolute atomic E-state index is 12.5. The molecule has 1 aliphatic carbocycles. The fourth-order valence-corrected chi connectivity index (χ4v) is 3.31. The van der Waals surface area contributed by atoms with Crippen molar-refractivity contribution in [2.24, 2.45) is 5.41 Å². The predicted octanol–water partition coefficient (Wildman–Crippen LogP) is 3.30. The van der Waals surface area contributed by atoms with Crippen LogP contribution in [-0.4, -0.2) is 22.6 Å². The van der Waals surface area contributed by atoms with E-state index in [0.717, 1.165) is 41.7 Å². The number of aromatic nitrogens is 2. The van der Waals surface area contributed by atoms with Gasteiger partial charge in [-0.1, -0.05) is 31.1 Å². The lowest BCUT2D eigenvalue weighted by atomic mass is 9.76. The quantitative estimate of drug-likeness (QED) is 0.789. The van der Waals surface area contributed by atoms with Gasteiger partial charge in [0.05, 0.1) is 0 Å². The van der Waals surface area contributed by atoms with Crippen molar-refractivity contribution in [3.05, 3.63) is 47.2 Å². The van der Waals surface area contributed by atoms with Crippen molar-refractivity contribution < 1.29 is 13.7 Å². The average Bonchev–Trinajstić information content (AvgIpc) is 3.16. The fourth-order valence-electron chi connectivity index (χ4n) is 3.31. The summed E-state index contributed by atoms with van der Waals surface area (Å²) in [5, 5.41) is 6.89. The lowest BCUT2D eigenvalue weighted by molar-refractivity contribution is 0.0943. The highest BCUT2D eigenvalue weighted by Crippen LogP contribution is 2.36. The molecule has 0 saturated carbocycles. The van der Waals surface area contributed by atoms with E-state index in [4.69, 9.17) is 8.94 Å². The van der Waals surface area contributed by atoms with E-state index in [2.05, 4.69) is 29.3 Å². The van der Waals surface area contributed by atoms with E-state index in [9.17, 15) is 4.79 Å². The van der Waals surface area contributed by atoms with Crippen LogP contribution in [0.5, 0.6) is 0 Å². The highest BCUT2D eigenvalue weighted by atomic mass is 16.5. The number of carbonyl (C=O) groups excluding carboxylic acids is 1. The smallest absolute Gasteiger partial charge is 0.273 e. The molecular formula is C19H21N3O3. The monoisotopic (exact) mass is 339 g/mol.